The molecule has 4 heteroatoms. The third-order valence-electron chi connectivity index (χ3n) is 3.23. The van der Waals surface area contributed by atoms with Gasteiger partial charge in [0.1, 0.15) is 11.6 Å². The first-order valence-corrected chi connectivity index (χ1v) is 6.45. The fraction of sp³-hybridized carbons (Fsp3) is 0. The summed E-state index contributed by atoms with van der Waals surface area (Å²) >= 11 is 0. The summed E-state index contributed by atoms with van der Waals surface area (Å²) < 4.78 is 19.4. The standard InChI is InChI=1S/C17H13FN2O/c18-14-7-3-4-8-16(14)21-15-10-9-13(17(19)20)11-5-1-2-6-12(11)15/h1-10H,(H3,19,20). The molecular weight excluding hydrogens is 267 g/mol. The average molecular weight is 280 g/mol. The summed E-state index contributed by atoms with van der Waals surface area (Å²) in [5.41, 5.74) is 6.22. The molecule has 3 rings (SSSR count). The van der Waals surface area contributed by atoms with Crippen molar-refractivity contribution in [3.8, 4) is 11.5 Å². The van der Waals surface area contributed by atoms with Gasteiger partial charge >= 0.3 is 0 Å². The predicted molar refractivity (Wildman–Crippen MR) is 81.4 cm³/mol. The summed E-state index contributed by atoms with van der Waals surface area (Å²) in [6.07, 6.45) is 0. The van der Waals surface area contributed by atoms with E-state index >= 15 is 0 Å². The third kappa shape index (κ3) is 2.43. The number of halogens is 1. The zero-order chi connectivity index (χ0) is 14.8. The van der Waals surface area contributed by atoms with Crippen LogP contribution in [0.5, 0.6) is 11.5 Å². The highest BCUT2D eigenvalue weighted by Crippen LogP contribution is 2.32. The summed E-state index contributed by atoms with van der Waals surface area (Å²) in [6, 6.07) is 17.1. The van der Waals surface area contributed by atoms with Crippen LogP contribution in [0.3, 0.4) is 0 Å². The van der Waals surface area contributed by atoms with E-state index in [4.69, 9.17) is 15.9 Å². The molecule has 3 aromatic rings. The number of nitrogens with one attached hydrogen (secondary N) is 1. The number of hydrogen-bond donors (Lipinski definition) is 2. The van der Waals surface area contributed by atoms with Gasteiger partial charge in [-0.2, -0.15) is 0 Å². The number of rotatable bonds is 3. The zero-order valence-corrected chi connectivity index (χ0v) is 11.1. The molecule has 0 spiro atoms. The van der Waals surface area contributed by atoms with Crippen LogP contribution in [0.4, 0.5) is 4.39 Å². The molecule has 21 heavy (non-hydrogen) atoms. The number of ether oxygens (including phenoxy) is 1. The maximum atomic E-state index is 13.7. The number of para-hydroxylation sites is 1. The summed E-state index contributed by atoms with van der Waals surface area (Å²) in [5.74, 6) is 0.264. The Kier molecular flexibility index (Phi) is 3.28. The average Bonchev–Trinajstić information content (AvgIpc) is 2.49. The maximum absolute atomic E-state index is 13.7. The van der Waals surface area contributed by atoms with Crippen LogP contribution >= 0.6 is 0 Å². The van der Waals surface area contributed by atoms with Crippen molar-refractivity contribution in [1.29, 1.82) is 5.41 Å². The molecule has 3 N–H and O–H groups in total. The van der Waals surface area contributed by atoms with Gasteiger partial charge in [-0.25, -0.2) is 4.39 Å². The molecule has 0 aliphatic heterocycles. The minimum absolute atomic E-state index is 0.0105. The molecule has 3 aromatic carbocycles. The first-order valence-electron chi connectivity index (χ1n) is 6.45. The van der Waals surface area contributed by atoms with Crippen LogP contribution in [0.25, 0.3) is 10.8 Å². The summed E-state index contributed by atoms with van der Waals surface area (Å²) in [7, 11) is 0. The van der Waals surface area contributed by atoms with E-state index in [2.05, 4.69) is 0 Å². The van der Waals surface area contributed by atoms with E-state index < -0.39 is 5.82 Å². The van der Waals surface area contributed by atoms with Crippen molar-refractivity contribution in [3.63, 3.8) is 0 Å². The van der Waals surface area contributed by atoms with Gasteiger partial charge in [-0.1, -0.05) is 36.4 Å². The summed E-state index contributed by atoms with van der Waals surface area (Å²) in [5, 5.41) is 9.21. The maximum Gasteiger partial charge on any atom is 0.165 e. The van der Waals surface area contributed by atoms with E-state index in [0.29, 0.717) is 11.3 Å². The van der Waals surface area contributed by atoms with Gasteiger partial charge in [0, 0.05) is 10.9 Å². The number of fused-ring (bicyclic) bond motifs is 1. The highest BCUT2D eigenvalue weighted by Gasteiger charge is 2.10. The Morgan fingerprint density at radius 3 is 2.24 bits per heavy atom. The topological polar surface area (TPSA) is 59.1 Å². The fourth-order valence-corrected chi connectivity index (χ4v) is 2.24. The first-order chi connectivity index (χ1) is 10.2. The lowest BCUT2D eigenvalue weighted by atomic mass is 10.0. The highest BCUT2D eigenvalue weighted by atomic mass is 19.1. The lowest BCUT2D eigenvalue weighted by Gasteiger charge is -2.12. The Morgan fingerprint density at radius 1 is 0.857 bits per heavy atom. The van der Waals surface area contributed by atoms with E-state index in [9.17, 15) is 4.39 Å². The molecule has 0 unspecified atom stereocenters. The smallest absolute Gasteiger partial charge is 0.165 e. The lowest BCUT2D eigenvalue weighted by molar-refractivity contribution is 0.446. The molecule has 0 bridgehead atoms. The molecule has 0 aliphatic rings. The Labute approximate surface area is 121 Å². The van der Waals surface area contributed by atoms with Crippen molar-refractivity contribution in [2.75, 3.05) is 0 Å². The van der Waals surface area contributed by atoms with Gasteiger partial charge in [0.15, 0.2) is 11.6 Å². The van der Waals surface area contributed by atoms with E-state index in [0.717, 1.165) is 10.8 Å². The molecule has 0 saturated heterocycles. The quantitative estimate of drug-likeness (QED) is 0.561. The van der Waals surface area contributed by atoms with Crippen LogP contribution in [0.2, 0.25) is 0 Å². The van der Waals surface area contributed by atoms with Crippen molar-refractivity contribution < 1.29 is 9.13 Å². The normalized spacial score (nSPS) is 10.5. The van der Waals surface area contributed by atoms with Crippen LogP contribution in [0.1, 0.15) is 5.56 Å². The molecule has 0 aliphatic carbocycles. The summed E-state index contributed by atoms with van der Waals surface area (Å²) in [4.78, 5) is 0. The van der Waals surface area contributed by atoms with Crippen molar-refractivity contribution >= 4 is 16.6 Å². The molecule has 0 fully saturated rings. The molecular formula is C17H13FN2O. The van der Waals surface area contributed by atoms with E-state index in [-0.39, 0.29) is 11.6 Å². The molecule has 0 heterocycles. The Balaban J connectivity index is 2.14. The van der Waals surface area contributed by atoms with Crippen molar-refractivity contribution in [2.24, 2.45) is 5.73 Å². The van der Waals surface area contributed by atoms with Crippen LogP contribution in [-0.4, -0.2) is 5.84 Å². The monoisotopic (exact) mass is 280 g/mol. The van der Waals surface area contributed by atoms with E-state index in [1.54, 1.807) is 30.3 Å². The Morgan fingerprint density at radius 2 is 1.52 bits per heavy atom. The van der Waals surface area contributed by atoms with Gasteiger partial charge in [-0.3, -0.25) is 5.41 Å². The van der Waals surface area contributed by atoms with Gasteiger partial charge in [0.05, 0.1) is 0 Å². The van der Waals surface area contributed by atoms with E-state index in [1.807, 2.05) is 24.3 Å². The summed E-state index contributed by atoms with van der Waals surface area (Å²) in [6.45, 7) is 0. The minimum atomic E-state index is -0.419. The second kappa shape index (κ2) is 5.25. The van der Waals surface area contributed by atoms with Gasteiger partial charge in [0.2, 0.25) is 0 Å². The van der Waals surface area contributed by atoms with Gasteiger partial charge in [0.25, 0.3) is 0 Å². The third-order valence-corrected chi connectivity index (χ3v) is 3.23. The van der Waals surface area contributed by atoms with Gasteiger partial charge < -0.3 is 10.5 Å². The molecule has 0 saturated carbocycles. The van der Waals surface area contributed by atoms with Crippen LogP contribution < -0.4 is 10.5 Å². The molecule has 0 amide bonds. The molecule has 3 nitrogen and oxygen atoms in total. The molecule has 0 aromatic heterocycles. The molecule has 0 atom stereocenters. The number of hydrogen-bond acceptors (Lipinski definition) is 2. The van der Waals surface area contributed by atoms with Crippen molar-refractivity contribution in [1.82, 2.24) is 0 Å². The van der Waals surface area contributed by atoms with Crippen LogP contribution in [0.15, 0.2) is 60.7 Å². The second-order valence-corrected chi connectivity index (χ2v) is 4.60. The van der Waals surface area contributed by atoms with Crippen LogP contribution in [-0.2, 0) is 0 Å². The zero-order valence-electron chi connectivity index (χ0n) is 11.1. The van der Waals surface area contributed by atoms with Crippen molar-refractivity contribution in [2.45, 2.75) is 0 Å². The lowest BCUT2D eigenvalue weighted by Crippen LogP contribution is -2.11. The highest BCUT2D eigenvalue weighted by molar-refractivity contribution is 6.09. The van der Waals surface area contributed by atoms with Gasteiger partial charge in [-0.05, 0) is 29.7 Å². The Hall–Kier alpha value is -2.88. The molecule has 104 valence electrons. The SMILES string of the molecule is N=C(N)c1ccc(Oc2ccccc2F)c2ccccc12. The largest absolute Gasteiger partial charge is 0.454 e. The Bertz CT molecular complexity index is 830. The van der Waals surface area contributed by atoms with Crippen LogP contribution in [0, 0.1) is 11.2 Å². The first kappa shape index (κ1) is 13.1. The number of nitrogens with two attached hydrogens (primary N) is 1. The number of benzene rings is 3. The molecule has 0 radical (unpaired) electrons. The number of amidine groups is 1. The van der Waals surface area contributed by atoms with Gasteiger partial charge in [-0.15, -0.1) is 0 Å². The second-order valence-electron chi connectivity index (χ2n) is 4.60. The minimum Gasteiger partial charge on any atom is -0.454 e. The van der Waals surface area contributed by atoms with E-state index in [1.165, 1.54) is 6.07 Å². The van der Waals surface area contributed by atoms with Crippen molar-refractivity contribution in [3.05, 3.63) is 72.0 Å². The fourth-order valence-electron chi connectivity index (χ4n) is 2.24. The number of nitrogen functional groups attached to an aromatic ring is 1. The predicted octanol–water partition coefficient (Wildman–Crippen LogP) is 4.06.